The van der Waals surface area contributed by atoms with Gasteiger partial charge in [0.2, 0.25) is 5.88 Å². The Morgan fingerprint density at radius 3 is 2.68 bits per heavy atom. The monoisotopic (exact) mass is 302 g/mol. The maximum absolute atomic E-state index is 12.6. The molecule has 1 aliphatic carbocycles. The average molecular weight is 302 g/mol. The van der Waals surface area contributed by atoms with Crippen molar-refractivity contribution in [3.05, 3.63) is 22.8 Å². The summed E-state index contributed by atoms with van der Waals surface area (Å²) in [5.74, 6) is 0.826. The van der Waals surface area contributed by atoms with Gasteiger partial charge >= 0.3 is 0 Å². The van der Waals surface area contributed by atoms with Crippen LogP contribution in [0.25, 0.3) is 0 Å². The number of carbonyl (C=O) groups excluding carboxylic acids is 1. The van der Waals surface area contributed by atoms with Crippen LogP contribution in [0.2, 0.25) is 0 Å². The highest BCUT2D eigenvalue weighted by molar-refractivity contribution is 5.98. The molecule has 0 bridgehead atoms. The van der Waals surface area contributed by atoms with E-state index in [9.17, 15) is 10.1 Å². The van der Waals surface area contributed by atoms with Crippen LogP contribution in [0.5, 0.6) is 0 Å². The molecule has 0 aromatic rings. The van der Waals surface area contributed by atoms with Crippen molar-refractivity contribution in [3.8, 4) is 6.07 Å². The number of hydrogen-bond donors (Lipinski definition) is 1. The summed E-state index contributed by atoms with van der Waals surface area (Å²) in [5, 5.41) is 9.41. The van der Waals surface area contributed by atoms with Gasteiger partial charge in [-0.3, -0.25) is 4.79 Å². The van der Waals surface area contributed by atoms with Crippen molar-refractivity contribution in [2.24, 2.45) is 17.1 Å². The van der Waals surface area contributed by atoms with E-state index in [4.69, 9.17) is 10.5 Å². The summed E-state index contributed by atoms with van der Waals surface area (Å²) < 4.78 is 5.65. The first-order chi connectivity index (χ1) is 10.4. The smallest absolute Gasteiger partial charge is 0.204 e. The zero-order valence-corrected chi connectivity index (χ0v) is 13.9. The van der Waals surface area contributed by atoms with Crippen LogP contribution in [-0.2, 0) is 9.53 Å². The van der Waals surface area contributed by atoms with Gasteiger partial charge in [-0.15, -0.1) is 0 Å². The highest BCUT2D eigenvalue weighted by atomic mass is 16.5. The van der Waals surface area contributed by atoms with Crippen LogP contribution in [0.15, 0.2) is 22.8 Å². The van der Waals surface area contributed by atoms with Gasteiger partial charge in [0.25, 0.3) is 0 Å². The molecule has 1 heterocycles. The topological polar surface area (TPSA) is 76.1 Å². The largest absolute Gasteiger partial charge is 0.444 e. The molecule has 0 saturated heterocycles. The first-order valence-electron chi connectivity index (χ1n) is 8.23. The van der Waals surface area contributed by atoms with E-state index in [1.165, 1.54) is 6.42 Å². The Labute approximate surface area is 133 Å². The number of Topliss-reactive ketones (excluding diaryl/α,β-unsaturated/α-hetero) is 1. The molecule has 0 aromatic heterocycles. The van der Waals surface area contributed by atoms with Crippen molar-refractivity contribution in [1.29, 1.82) is 5.26 Å². The first-order valence-corrected chi connectivity index (χ1v) is 8.23. The number of hydrogen-bond acceptors (Lipinski definition) is 4. The lowest BCUT2D eigenvalue weighted by Crippen LogP contribution is -2.34. The van der Waals surface area contributed by atoms with Gasteiger partial charge in [0, 0.05) is 24.3 Å². The van der Waals surface area contributed by atoms with Crippen molar-refractivity contribution in [2.45, 2.75) is 65.7 Å². The van der Waals surface area contributed by atoms with E-state index < -0.39 is 0 Å². The Morgan fingerprint density at radius 1 is 1.32 bits per heavy atom. The minimum atomic E-state index is -0.172. The summed E-state index contributed by atoms with van der Waals surface area (Å²) in [4.78, 5) is 12.6. The summed E-state index contributed by atoms with van der Waals surface area (Å²) >= 11 is 0. The normalized spacial score (nSPS) is 23.9. The first kappa shape index (κ1) is 16.6. The predicted molar refractivity (Wildman–Crippen MR) is 85.2 cm³/mol. The molecule has 4 heteroatoms. The molecule has 0 spiro atoms. The number of rotatable bonds is 5. The van der Waals surface area contributed by atoms with Crippen LogP contribution in [0, 0.1) is 22.7 Å². The van der Waals surface area contributed by atoms with Crippen molar-refractivity contribution in [1.82, 2.24) is 0 Å². The van der Waals surface area contributed by atoms with E-state index >= 15 is 0 Å². The van der Waals surface area contributed by atoms with Crippen LogP contribution in [0.1, 0.15) is 65.7 Å². The highest BCUT2D eigenvalue weighted by Gasteiger charge is 2.41. The van der Waals surface area contributed by atoms with Gasteiger partial charge in [-0.1, -0.05) is 46.5 Å². The number of nitrogens with zero attached hydrogens (tertiary/aromatic N) is 1. The van der Waals surface area contributed by atoms with Crippen molar-refractivity contribution in [2.75, 3.05) is 0 Å². The molecule has 2 rings (SSSR count). The predicted octanol–water partition coefficient (Wildman–Crippen LogP) is 3.94. The molecule has 0 amide bonds. The highest BCUT2D eigenvalue weighted by Crippen LogP contribution is 2.45. The Bertz CT molecular complexity index is 564. The Balaban J connectivity index is 2.28. The Kier molecular flexibility index (Phi) is 4.95. The summed E-state index contributed by atoms with van der Waals surface area (Å²) in [7, 11) is 0. The molecule has 0 saturated carbocycles. The molecule has 0 unspecified atom stereocenters. The minimum absolute atomic E-state index is 0.104. The van der Waals surface area contributed by atoms with E-state index in [0.29, 0.717) is 29.7 Å². The van der Waals surface area contributed by atoms with Crippen molar-refractivity contribution >= 4 is 5.78 Å². The van der Waals surface area contributed by atoms with E-state index in [2.05, 4.69) is 26.8 Å². The number of unbranched alkanes of at least 4 members (excludes halogenated alkanes) is 3. The molecule has 2 aliphatic rings. The molecular weight excluding hydrogens is 276 g/mol. The number of carbonyl (C=O) groups is 1. The molecule has 22 heavy (non-hydrogen) atoms. The van der Waals surface area contributed by atoms with Crippen LogP contribution >= 0.6 is 0 Å². The summed E-state index contributed by atoms with van der Waals surface area (Å²) in [5.41, 5.74) is 6.98. The Hall–Kier alpha value is -1.76. The van der Waals surface area contributed by atoms with Gasteiger partial charge < -0.3 is 10.5 Å². The zero-order chi connectivity index (χ0) is 16.3. The van der Waals surface area contributed by atoms with Gasteiger partial charge in [0.15, 0.2) is 5.78 Å². The second kappa shape index (κ2) is 6.56. The molecule has 2 N–H and O–H groups in total. The average Bonchev–Trinajstić information content (AvgIpc) is 2.41. The second-order valence-corrected chi connectivity index (χ2v) is 7.17. The molecule has 1 atom stereocenters. The summed E-state index contributed by atoms with van der Waals surface area (Å²) in [6.45, 7) is 6.29. The van der Waals surface area contributed by atoms with Gasteiger partial charge in [-0.25, -0.2) is 0 Å². The number of nitrogens with two attached hydrogens (primary N) is 1. The zero-order valence-electron chi connectivity index (χ0n) is 13.9. The second-order valence-electron chi connectivity index (χ2n) is 7.17. The van der Waals surface area contributed by atoms with Crippen LogP contribution in [0.4, 0.5) is 0 Å². The summed E-state index contributed by atoms with van der Waals surface area (Å²) in [6, 6.07) is 2.16. The fourth-order valence-corrected chi connectivity index (χ4v) is 3.46. The third-order valence-electron chi connectivity index (χ3n) is 4.54. The van der Waals surface area contributed by atoms with Gasteiger partial charge in [-0.2, -0.15) is 5.26 Å². The molecule has 0 radical (unpaired) electrons. The maximum atomic E-state index is 12.6. The Morgan fingerprint density at radius 2 is 2.05 bits per heavy atom. The fraction of sp³-hybridized carbons (Fsp3) is 0.667. The van der Waals surface area contributed by atoms with E-state index in [1.54, 1.807) is 0 Å². The van der Waals surface area contributed by atoms with E-state index in [1.807, 2.05) is 0 Å². The lowest BCUT2D eigenvalue weighted by molar-refractivity contribution is -0.119. The fourth-order valence-electron chi connectivity index (χ4n) is 3.46. The summed E-state index contributed by atoms with van der Waals surface area (Å²) in [6.07, 6.45) is 6.49. The van der Waals surface area contributed by atoms with Crippen molar-refractivity contribution < 1.29 is 9.53 Å². The lowest BCUT2D eigenvalue weighted by atomic mass is 9.71. The van der Waals surface area contributed by atoms with Gasteiger partial charge in [-0.05, 0) is 11.8 Å². The number of ketones is 1. The third-order valence-corrected chi connectivity index (χ3v) is 4.54. The number of nitriles is 1. The molecule has 120 valence electrons. The maximum Gasteiger partial charge on any atom is 0.204 e. The molecular formula is C18H26N2O2. The van der Waals surface area contributed by atoms with Gasteiger partial charge in [0.1, 0.15) is 11.8 Å². The minimum Gasteiger partial charge on any atom is -0.444 e. The molecule has 4 nitrogen and oxygen atoms in total. The van der Waals surface area contributed by atoms with E-state index in [-0.39, 0.29) is 23.0 Å². The number of ether oxygens (including phenoxy) is 1. The standard InChI is InChI=1S/C18H26N2O2/c1-4-5-6-7-8-12-13(11-19)17(20)22-15-10-18(2,3)9-14(21)16(12)15/h12H,4-10,20H2,1-3H3/t12-/m0/s1. The molecule has 0 fully saturated rings. The van der Waals surface area contributed by atoms with Crippen molar-refractivity contribution in [3.63, 3.8) is 0 Å². The SMILES string of the molecule is CCCCCC[C@H]1C(C#N)=C(N)OC2=C1C(=O)CC(C)(C)C2. The molecule has 1 aliphatic heterocycles. The number of allylic oxidation sites excluding steroid dienone is 3. The quantitative estimate of drug-likeness (QED) is 0.780. The van der Waals surface area contributed by atoms with Crippen LogP contribution < -0.4 is 5.73 Å². The third kappa shape index (κ3) is 3.35. The van der Waals surface area contributed by atoms with Crippen LogP contribution in [0.3, 0.4) is 0 Å². The lowest BCUT2D eigenvalue weighted by Gasteiger charge is -2.37. The molecule has 0 aromatic carbocycles. The van der Waals surface area contributed by atoms with Crippen LogP contribution in [-0.4, -0.2) is 5.78 Å². The van der Waals surface area contributed by atoms with Gasteiger partial charge in [0.05, 0.1) is 5.57 Å². The van der Waals surface area contributed by atoms with E-state index in [0.717, 1.165) is 25.7 Å².